The quantitative estimate of drug-likeness (QED) is 0.887. The van der Waals surface area contributed by atoms with Crippen LogP contribution >= 0.6 is 0 Å². The van der Waals surface area contributed by atoms with E-state index in [-0.39, 0.29) is 5.91 Å². The van der Waals surface area contributed by atoms with Crippen molar-refractivity contribution >= 4 is 11.6 Å². The lowest BCUT2D eigenvalue weighted by Gasteiger charge is -2.24. The van der Waals surface area contributed by atoms with Crippen LogP contribution in [0.1, 0.15) is 35.0 Å². The lowest BCUT2D eigenvalue weighted by atomic mass is 10.1. The molecule has 0 aliphatic rings. The standard InChI is InChI=1S/C17H22N2O2/c1-3-16-14(9-12-21-16)17(20)19(11-6-10-18)15-8-5-4-7-13(15)2/h4-5,7-9,12H,3,6,10-11,18H2,1-2H3. The molecule has 21 heavy (non-hydrogen) atoms. The van der Waals surface area contributed by atoms with Gasteiger partial charge in [-0.3, -0.25) is 4.79 Å². The molecule has 4 heteroatoms. The number of rotatable bonds is 6. The number of amides is 1. The fourth-order valence-electron chi connectivity index (χ4n) is 2.40. The SMILES string of the molecule is CCc1occc1C(=O)N(CCCN)c1ccccc1C. The number of hydrogen-bond acceptors (Lipinski definition) is 3. The van der Waals surface area contributed by atoms with Crippen molar-refractivity contribution in [2.45, 2.75) is 26.7 Å². The second-order valence-corrected chi connectivity index (χ2v) is 5.00. The largest absolute Gasteiger partial charge is 0.469 e. The van der Waals surface area contributed by atoms with Gasteiger partial charge in [-0.25, -0.2) is 0 Å². The first kappa shape index (κ1) is 15.3. The Morgan fingerprint density at radius 3 is 2.71 bits per heavy atom. The molecular formula is C17H22N2O2. The van der Waals surface area contributed by atoms with Gasteiger partial charge in [-0.05, 0) is 37.6 Å². The van der Waals surface area contributed by atoms with Crippen LogP contribution in [0.3, 0.4) is 0 Å². The predicted molar refractivity (Wildman–Crippen MR) is 84.6 cm³/mol. The highest BCUT2D eigenvalue weighted by atomic mass is 16.3. The van der Waals surface area contributed by atoms with E-state index < -0.39 is 0 Å². The van der Waals surface area contributed by atoms with Crippen LogP contribution in [0.4, 0.5) is 5.69 Å². The van der Waals surface area contributed by atoms with E-state index >= 15 is 0 Å². The molecular weight excluding hydrogens is 264 g/mol. The Labute approximate surface area is 125 Å². The summed E-state index contributed by atoms with van der Waals surface area (Å²) < 4.78 is 5.38. The fraction of sp³-hybridized carbons (Fsp3) is 0.353. The van der Waals surface area contributed by atoms with Gasteiger partial charge in [0.05, 0.1) is 11.8 Å². The maximum Gasteiger partial charge on any atom is 0.261 e. The zero-order chi connectivity index (χ0) is 15.2. The van der Waals surface area contributed by atoms with Crippen molar-refractivity contribution in [2.24, 2.45) is 5.73 Å². The number of nitrogens with two attached hydrogens (primary N) is 1. The van der Waals surface area contributed by atoms with Crippen LogP contribution in [0.25, 0.3) is 0 Å². The van der Waals surface area contributed by atoms with Gasteiger partial charge in [-0.1, -0.05) is 25.1 Å². The molecule has 2 rings (SSSR count). The van der Waals surface area contributed by atoms with Crippen LogP contribution in [0.15, 0.2) is 41.0 Å². The van der Waals surface area contributed by atoms with Gasteiger partial charge in [0.25, 0.3) is 5.91 Å². The molecule has 2 N–H and O–H groups in total. The zero-order valence-corrected chi connectivity index (χ0v) is 12.6. The molecule has 4 nitrogen and oxygen atoms in total. The summed E-state index contributed by atoms with van der Waals surface area (Å²) in [6.07, 6.45) is 3.04. The van der Waals surface area contributed by atoms with Gasteiger partial charge in [-0.2, -0.15) is 0 Å². The van der Waals surface area contributed by atoms with Crippen molar-refractivity contribution in [2.75, 3.05) is 18.0 Å². The molecule has 0 bridgehead atoms. The van der Waals surface area contributed by atoms with E-state index in [0.717, 1.165) is 23.4 Å². The number of nitrogens with zero attached hydrogens (tertiary/aromatic N) is 1. The molecule has 0 fully saturated rings. The molecule has 0 atom stereocenters. The Balaban J connectivity index is 2.36. The van der Waals surface area contributed by atoms with Gasteiger partial charge in [0, 0.05) is 18.7 Å². The third kappa shape index (κ3) is 3.34. The second-order valence-electron chi connectivity index (χ2n) is 5.00. The summed E-state index contributed by atoms with van der Waals surface area (Å²) in [7, 11) is 0. The van der Waals surface area contributed by atoms with Crippen LogP contribution < -0.4 is 10.6 Å². The topological polar surface area (TPSA) is 59.5 Å². The second kappa shape index (κ2) is 7.09. The highest BCUT2D eigenvalue weighted by Crippen LogP contribution is 2.23. The maximum atomic E-state index is 12.9. The summed E-state index contributed by atoms with van der Waals surface area (Å²) in [5.74, 6) is 0.703. The Bertz CT molecular complexity index is 604. The molecule has 1 amide bonds. The van der Waals surface area contributed by atoms with Crippen molar-refractivity contribution in [3.8, 4) is 0 Å². The first-order valence-corrected chi connectivity index (χ1v) is 7.33. The number of hydrogen-bond donors (Lipinski definition) is 1. The minimum Gasteiger partial charge on any atom is -0.469 e. The predicted octanol–water partition coefficient (Wildman–Crippen LogP) is 3.15. The molecule has 0 radical (unpaired) electrons. The van der Waals surface area contributed by atoms with Gasteiger partial charge in [0.2, 0.25) is 0 Å². The summed E-state index contributed by atoms with van der Waals surface area (Å²) in [5, 5.41) is 0. The minimum atomic E-state index is -0.0247. The number of anilines is 1. The third-order valence-electron chi connectivity index (χ3n) is 3.53. The molecule has 0 unspecified atom stereocenters. The van der Waals surface area contributed by atoms with Gasteiger partial charge < -0.3 is 15.1 Å². The first-order chi connectivity index (χ1) is 10.2. The van der Waals surface area contributed by atoms with E-state index in [1.54, 1.807) is 17.2 Å². The molecule has 112 valence electrons. The summed E-state index contributed by atoms with van der Waals surface area (Å²) in [6.45, 7) is 5.15. The zero-order valence-electron chi connectivity index (χ0n) is 12.6. The van der Waals surface area contributed by atoms with E-state index in [2.05, 4.69) is 0 Å². The van der Waals surface area contributed by atoms with Gasteiger partial charge >= 0.3 is 0 Å². The van der Waals surface area contributed by atoms with Crippen molar-refractivity contribution < 1.29 is 9.21 Å². The molecule has 1 aromatic heterocycles. The maximum absolute atomic E-state index is 12.9. The number of carbonyl (C=O) groups is 1. The van der Waals surface area contributed by atoms with Crippen molar-refractivity contribution in [3.63, 3.8) is 0 Å². The monoisotopic (exact) mass is 286 g/mol. The summed E-state index contributed by atoms with van der Waals surface area (Å²) >= 11 is 0. The van der Waals surface area contributed by atoms with Crippen LogP contribution in [-0.4, -0.2) is 19.0 Å². The van der Waals surface area contributed by atoms with Gasteiger partial charge in [-0.15, -0.1) is 0 Å². The molecule has 1 heterocycles. The van der Waals surface area contributed by atoms with Gasteiger partial charge in [0.15, 0.2) is 0 Å². The molecule has 0 aliphatic heterocycles. The average molecular weight is 286 g/mol. The molecule has 2 aromatic rings. The Hall–Kier alpha value is -2.07. The van der Waals surface area contributed by atoms with Crippen LogP contribution in [0, 0.1) is 6.92 Å². The first-order valence-electron chi connectivity index (χ1n) is 7.33. The molecule has 0 saturated carbocycles. The molecule has 1 aromatic carbocycles. The van der Waals surface area contributed by atoms with Crippen molar-refractivity contribution in [1.29, 1.82) is 0 Å². The van der Waals surface area contributed by atoms with Crippen molar-refractivity contribution in [3.05, 3.63) is 53.5 Å². The van der Waals surface area contributed by atoms with E-state index in [9.17, 15) is 4.79 Å². The van der Waals surface area contributed by atoms with E-state index in [0.29, 0.717) is 25.1 Å². The number of benzene rings is 1. The Kier molecular flexibility index (Phi) is 5.17. The van der Waals surface area contributed by atoms with Crippen molar-refractivity contribution in [1.82, 2.24) is 0 Å². The number of furan rings is 1. The molecule has 0 saturated heterocycles. The number of carbonyl (C=O) groups excluding carboxylic acids is 1. The van der Waals surface area contributed by atoms with Crippen LogP contribution in [0.2, 0.25) is 0 Å². The number of para-hydroxylation sites is 1. The smallest absolute Gasteiger partial charge is 0.261 e. The summed E-state index contributed by atoms with van der Waals surface area (Å²) in [5.41, 5.74) is 8.25. The third-order valence-corrected chi connectivity index (χ3v) is 3.53. The van der Waals surface area contributed by atoms with Crippen LogP contribution in [-0.2, 0) is 6.42 Å². The van der Waals surface area contributed by atoms with Gasteiger partial charge in [0.1, 0.15) is 5.76 Å². The Morgan fingerprint density at radius 2 is 2.05 bits per heavy atom. The highest BCUT2D eigenvalue weighted by Gasteiger charge is 2.22. The lowest BCUT2D eigenvalue weighted by Crippen LogP contribution is -2.33. The Morgan fingerprint density at radius 1 is 1.29 bits per heavy atom. The van der Waals surface area contributed by atoms with Crippen LogP contribution in [0.5, 0.6) is 0 Å². The molecule has 0 spiro atoms. The fourth-order valence-corrected chi connectivity index (χ4v) is 2.40. The molecule has 0 aliphatic carbocycles. The average Bonchev–Trinajstić information content (AvgIpc) is 2.97. The van der Waals surface area contributed by atoms with E-state index in [4.69, 9.17) is 10.2 Å². The summed E-state index contributed by atoms with van der Waals surface area (Å²) in [6, 6.07) is 9.64. The van der Waals surface area contributed by atoms with E-state index in [1.807, 2.05) is 38.1 Å². The highest BCUT2D eigenvalue weighted by molar-refractivity contribution is 6.07. The summed E-state index contributed by atoms with van der Waals surface area (Å²) in [4.78, 5) is 14.7. The normalized spacial score (nSPS) is 10.6. The number of aryl methyl sites for hydroxylation is 2. The lowest BCUT2D eigenvalue weighted by molar-refractivity contribution is 0.0984. The van der Waals surface area contributed by atoms with E-state index in [1.165, 1.54) is 0 Å². The minimum absolute atomic E-state index is 0.0247.